The quantitative estimate of drug-likeness (QED) is 0.811. The first-order chi connectivity index (χ1) is 10.1. The third-order valence-electron chi connectivity index (χ3n) is 3.31. The molecule has 0 radical (unpaired) electrons. The molecule has 1 atom stereocenters. The molecule has 2 rings (SSSR count). The number of benzene rings is 1. The second kappa shape index (κ2) is 6.67. The number of hydrogen-bond donors (Lipinski definition) is 2. The maximum Gasteiger partial charge on any atom is 0.330 e. The van der Waals surface area contributed by atoms with Crippen molar-refractivity contribution >= 4 is 29.7 Å². The average molecular weight is 307 g/mol. The minimum Gasteiger partial charge on any atom is -0.497 e. The topological polar surface area (TPSA) is 75.6 Å². The Hall–Kier alpha value is -1.95. The van der Waals surface area contributed by atoms with Gasteiger partial charge in [0.2, 0.25) is 5.91 Å². The summed E-state index contributed by atoms with van der Waals surface area (Å²) < 4.78 is 5.10. The lowest BCUT2D eigenvalue weighted by molar-refractivity contribution is -0.145. The zero-order valence-corrected chi connectivity index (χ0v) is 12.5. The maximum atomic E-state index is 11.9. The van der Waals surface area contributed by atoms with Gasteiger partial charge in [-0.25, -0.2) is 4.79 Å². The van der Waals surface area contributed by atoms with E-state index in [1.807, 2.05) is 18.2 Å². The van der Waals surface area contributed by atoms with Crippen molar-refractivity contribution in [1.29, 1.82) is 0 Å². The summed E-state index contributed by atoms with van der Waals surface area (Å²) in [5, 5.41) is 11.9. The molecule has 0 aliphatic carbocycles. The number of thioether (sulfide) groups is 1. The number of aliphatic carboxylic acids is 1. The molecule has 112 valence electrons. The van der Waals surface area contributed by atoms with Gasteiger partial charge in [0.1, 0.15) is 11.3 Å². The van der Waals surface area contributed by atoms with Crippen molar-refractivity contribution in [2.45, 2.75) is 12.0 Å². The van der Waals surface area contributed by atoms with Crippen molar-refractivity contribution in [3.8, 4) is 5.75 Å². The lowest BCUT2D eigenvalue weighted by Crippen LogP contribution is -2.54. The van der Waals surface area contributed by atoms with Gasteiger partial charge in [-0.15, -0.1) is 0 Å². The highest BCUT2D eigenvalue weighted by molar-refractivity contribution is 7.99. The molecule has 0 spiro atoms. The van der Waals surface area contributed by atoms with E-state index >= 15 is 0 Å². The van der Waals surface area contributed by atoms with E-state index in [-0.39, 0.29) is 0 Å². The third-order valence-corrected chi connectivity index (χ3v) is 4.50. The zero-order chi connectivity index (χ0) is 15.3. The van der Waals surface area contributed by atoms with E-state index in [1.54, 1.807) is 19.3 Å². The summed E-state index contributed by atoms with van der Waals surface area (Å²) in [6.07, 6.45) is 3.43. The van der Waals surface area contributed by atoms with Gasteiger partial charge in [-0.1, -0.05) is 12.1 Å². The highest BCUT2D eigenvalue weighted by Crippen LogP contribution is 2.28. The van der Waals surface area contributed by atoms with Gasteiger partial charge in [-0.3, -0.25) is 4.79 Å². The van der Waals surface area contributed by atoms with Crippen LogP contribution in [0.4, 0.5) is 0 Å². The molecule has 0 aromatic heterocycles. The van der Waals surface area contributed by atoms with Crippen LogP contribution < -0.4 is 10.1 Å². The number of rotatable bonds is 5. The fraction of sp³-hybridized carbons (Fsp3) is 0.333. The molecule has 0 bridgehead atoms. The number of nitrogens with one attached hydrogen (secondary N) is 1. The van der Waals surface area contributed by atoms with Crippen molar-refractivity contribution in [2.24, 2.45) is 0 Å². The molecule has 1 fully saturated rings. The minimum absolute atomic E-state index is 0.400. The van der Waals surface area contributed by atoms with Gasteiger partial charge in [-0.05, 0) is 35.9 Å². The Kier molecular flexibility index (Phi) is 4.90. The van der Waals surface area contributed by atoms with Crippen molar-refractivity contribution in [3.63, 3.8) is 0 Å². The van der Waals surface area contributed by atoms with Gasteiger partial charge in [0.25, 0.3) is 0 Å². The summed E-state index contributed by atoms with van der Waals surface area (Å²) in [6.45, 7) is 0. The first-order valence-electron chi connectivity index (χ1n) is 6.51. The average Bonchev–Trinajstić information content (AvgIpc) is 2.95. The van der Waals surface area contributed by atoms with Crippen LogP contribution >= 0.6 is 11.8 Å². The summed E-state index contributed by atoms with van der Waals surface area (Å²) in [7, 11) is 1.57. The molecule has 1 heterocycles. The monoisotopic (exact) mass is 307 g/mol. The van der Waals surface area contributed by atoms with E-state index in [9.17, 15) is 14.7 Å². The van der Waals surface area contributed by atoms with Crippen molar-refractivity contribution in [2.75, 3.05) is 18.6 Å². The van der Waals surface area contributed by atoms with Crippen molar-refractivity contribution in [1.82, 2.24) is 5.32 Å². The molecule has 0 saturated carbocycles. The SMILES string of the molecule is COc1cccc(C=CC(=O)NC2(C(=O)O)CCSC2)c1. The highest BCUT2D eigenvalue weighted by Gasteiger charge is 2.42. The normalized spacial score (nSPS) is 21.4. The second-order valence-electron chi connectivity index (χ2n) is 4.79. The zero-order valence-electron chi connectivity index (χ0n) is 11.7. The Morgan fingerprint density at radius 2 is 2.29 bits per heavy atom. The first kappa shape index (κ1) is 15.4. The molecule has 21 heavy (non-hydrogen) atoms. The van der Waals surface area contributed by atoms with Crippen LogP contribution in [0.5, 0.6) is 5.75 Å². The third kappa shape index (κ3) is 3.78. The fourth-order valence-corrected chi connectivity index (χ4v) is 3.41. The van der Waals surface area contributed by atoms with E-state index in [0.29, 0.717) is 17.9 Å². The molecule has 1 aromatic rings. The lowest BCUT2D eigenvalue weighted by atomic mass is 9.99. The lowest BCUT2D eigenvalue weighted by Gasteiger charge is -2.23. The molecule has 2 N–H and O–H groups in total. The standard InChI is InChI=1S/C15H17NO4S/c1-20-12-4-2-3-11(9-12)5-6-13(17)16-15(14(18)19)7-8-21-10-15/h2-6,9H,7-8,10H2,1H3,(H,16,17)(H,18,19). The number of hydrogen-bond acceptors (Lipinski definition) is 4. The summed E-state index contributed by atoms with van der Waals surface area (Å²) in [5.74, 6) is 0.470. The van der Waals surface area contributed by atoms with Crippen LogP contribution in [-0.4, -0.2) is 41.1 Å². The number of ether oxygens (including phenoxy) is 1. The first-order valence-corrected chi connectivity index (χ1v) is 7.67. The van der Waals surface area contributed by atoms with Gasteiger partial charge in [0.05, 0.1) is 7.11 Å². The van der Waals surface area contributed by atoms with Gasteiger partial charge < -0.3 is 15.2 Å². The van der Waals surface area contributed by atoms with Crippen LogP contribution in [-0.2, 0) is 9.59 Å². The van der Waals surface area contributed by atoms with E-state index in [2.05, 4.69) is 5.32 Å². The van der Waals surface area contributed by atoms with E-state index in [4.69, 9.17) is 4.74 Å². The maximum absolute atomic E-state index is 11.9. The van der Waals surface area contributed by atoms with Crippen molar-refractivity contribution < 1.29 is 19.4 Å². The summed E-state index contributed by atoms with van der Waals surface area (Å²) in [6, 6.07) is 7.27. The molecule has 5 nitrogen and oxygen atoms in total. The highest BCUT2D eigenvalue weighted by atomic mass is 32.2. The molecule has 1 amide bonds. The summed E-state index contributed by atoms with van der Waals surface area (Å²) >= 11 is 1.53. The summed E-state index contributed by atoms with van der Waals surface area (Å²) in [5.41, 5.74) is -0.324. The molecule has 1 saturated heterocycles. The molecule has 1 unspecified atom stereocenters. The Labute approximate surface area is 127 Å². The summed E-state index contributed by atoms with van der Waals surface area (Å²) in [4.78, 5) is 23.3. The van der Waals surface area contributed by atoms with Gasteiger partial charge in [0.15, 0.2) is 0 Å². The van der Waals surface area contributed by atoms with E-state index < -0.39 is 17.4 Å². The van der Waals surface area contributed by atoms with Gasteiger partial charge in [0, 0.05) is 11.8 Å². The molecule has 6 heteroatoms. The Morgan fingerprint density at radius 1 is 1.48 bits per heavy atom. The van der Waals surface area contributed by atoms with E-state index in [1.165, 1.54) is 17.8 Å². The second-order valence-corrected chi connectivity index (χ2v) is 5.89. The molecule has 1 aliphatic rings. The number of carboxylic acid groups (broad SMARTS) is 1. The Balaban J connectivity index is 2.03. The Bertz CT molecular complexity index is 565. The smallest absolute Gasteiger partial charge is 0.330 e. The molecule has 1 aromatic carbocycles. The van der Waals surface area contributed by atoms with Crippen LogP contribution in [0.2, 0.25) is 0 Å². The molecule has 1 aliphatic heterocycles. The van der Waals surface area contributed by atoms with Crippen LogP contribution in [0, 0.1) is 0 Å². The van der Waals surface area contributed by atoms with E-state index in [0.717, 1.165) is 11.3 Å². The Morgan fingerprint density at radius 3 is 2.90 bits per heavy atom. The fourth-order valence-electron chi connectivity index (χ4n) is 2.08. The minimum atomic E-state index is -1.14. The van der Waals surface area contributed by atoms with Gasteiger partial charge in [-0.2, -0.15) is 11.8 Å². The van der Waals surface area contributed by atoms with Crippen LogP contribution in [0.3, 0.4) is 0 Å². The number of amides is 1. The predicted octanol–water partition coefficient (Wildman–Crippen LogP) is 1.78. The number of carbonyl (C=O) groups is 2. The van der Waals surface area contributed by atoms with Gasteiger partial charge >= 0.3 is 5.97 Å². The van der Waals surface area contributed by atoms with Crippen molar-refractivity contribution in [3.05, 3.63) is 35.9 Å². The number of carboxylic acids is 1. The van der Waals surface area contributed by atoms with Crippen LogP contribution in [0.15, 0.2) is 30.3 Å². The van der Waals surface area contributed by atoms with Crippen LogP contribution in [0.1, 0.15) is 12.0 Å². The van der Waals surface area contributed by atoms with Crippen LogP contribution in [0.25, 0.3) is 6.08 Å². The predicted molar refractivity (Wildman–Crippen MR) is 82.5 cm³/mol. The number of methoxy groups -OCH3 is 1. The molecular weight excluding hydrogens is 290 g/mol. The molecular formula is C15H17NO4S. The largest absolute Gasteiger partial charge is 0.497 e. The number of carbonyl (C=O) groups excluding carboxylic acids is 1.